The molecule has 3 aromatic heterocycles. The van der Waals surface area contributed by atoms with Crippen LogP contribution in [-0.4, -0.2) is 45.4 Å². The quantitative estimate of drug-likeness (QED) is 0.600. The number of piperidine rings is 1. The van der Waals surface area contributed by atoms with E-state index in [0.29, 0.717) is 18.0 Å². The fraction of sp³-hybridized carbons (Fsp3) is 0.435. The molecule has 2 fully saturated rings. The molecule has 4 heterocycles. The summed E-state index contributed by atoms with van der Waals surface area (Å²) in [5.41, 5.74) is 3.11. The van der Waals surface area contributed by atoms with Crippen molar-refractivity contribution in [3.05, 3.63) is 42.4 Å². The number of alkyl halides is 3. The van der Waals surface area contributed by atoms with Crippen LogP contribution in [-0.2, 0) is 4.79 Å². The van der Waals surface area contributed by atoms with E-state index in [0.717, 1.165) is 35.2 Å². The van der Waals surface area contributed by atoms with Crippen molar-refractivity contribution in [1.82, 2.24) is 19.9 Å². The number of rotatable bonds is 5. The highest BCUT2D eigenvalue weighted by atomic mass is 19.4. The van der Waals surface area contributed by atoms with Crippen LogP contribution in [0, 0.1) is 12.8 Å². The molecule has 0 radical (unpaired) electrons. The van der Waals surface area contributed by atoms with E-state index >= 15 is 0 Å². The van der Waals surface area contributed by atoms with Crippen LogP contribution in [0.2, 0.25) is 0 Å². The highest BCUT2D eigenvalue weighted by molar-refractivity contribution is 5.93. The number of amides is 1. The van der Waals surface area contributed by atoms with E-state index in [1.807, 2.05) is 25.1 Å². The van der Waals surface area contributed by atoms with Crippen molar-refractivity contribution in [2.45, 2.75) is 50.9 Å². The van der Waals surface area contributed by atoms with Gasteiger partial charge in [0.1, 0.15) is 17.9 Å². The minimum Gasteiger partial charge on any atom is -0.488 e. The number of nitrogens with zero attached hydrogens (tertiary/aromatic N) is 3. The molecule has 2 N–H and O–H groups in total. The lowest BCUT2D eigenvalue weighted by Gasteiger charge is -2.32. The van der Waals surface area contributed by atoms with E-state index in [4.69, 9.17) is 4.74 Å². The third-order valence-electron chi connectivity index (χ3n) is 6.02. The van der Waals surface area contributed by atoms with Crippen LogP contribution in [0.3, 0.4) is 0 Å². The summed E-state index contributed by atoms with van der Waals surface area (Å²) in [6.45, 7) is 2.08. The SMILES string of the molecule is Cc1cc(-c2ccn3nc(NC(=O)C4CC4)cc3c2)c(O[C@@H]2CCN[C@H](C(F)(F)F)C2)cn1. The lowest BCUT2D eigenvalue weighted by Crippen LogP contribution is -2.50. The molecule has 10 heteroatoms. The number of aryl methyl sites for hydroxylation is 1. The number of fused-ring (bicyclic) bond motifs is 1. The van der Waals surface area contributed by atoms with Gasteiger partial charge in [-0.2, -0.15) is 18.3 Å². The minimum absolute atomic E-state index is 0.0155. The number of halogens is 3. The summed E-state index contributed by atoms with van der Waals surface area (Å²) in [5, 5.41) is 9.75. The predicted octanol–water partition coefficient (Wildman–Crippen LogP) is 4.11. The summed E-state index contributed by atoms with van der Waals surface area (Å²) in [6.07, 6.45) is 0.620. The molecule has 0 aromatic carbocycles. The Bertz CT molecular complexity index is 1190. The number of hydrogen-bond donors (Lipinski definition) is 2. The molecule has 0 unspecified atom stereocenters. The maximum Gasteiger partial charge on any atom is 0.403 e. The van der Waals surface area contributed by atoms with E-state index in [1.54, 1.807) is 23.0 Å². The Morgan fingerprint density at radius 1 is 1.24 bits per heavy atom. The maximum atomic E-state index is 13.2. The van der Waals surface area contributed by atoms with Crippen molar-refractivity contribution in [3.63, 3.8) is 0 Å². The van der Waals surface area contributed by atoms with Crippen molar-refractivity contribution in [3.8, 4) is 16.9 Å². The monoisotopic (exact) mass is 459 g/mol. The molecule has 1 saturated heterocycles. The Balaban J connectivity index is 1.40. The number of pyridine rings is 2. The zero-order valence-corrected chi connectivity index (χ0v) is 18.0. The molecule has 1 amide bonds. The van der Waals surface area contributed by atoms with Crippen molar-refractivity contribution in [2.24, 2.45) is 5.92 Å². The Morgan fingerprint density at radius 3 is 2.82 bits per heavy atom. The molecule has 7 nitrogen and oxygen atoms in total. The smallest absolute Gasteiger partial charge is 0.403 e. The molecule has 174 valence electrons. The summed E-state index contributed by atoms with van der Waals surface area (Å²) >= 11 is 0. The van der Waals surface area contributed by atoms with Gasteiger partial charge in [-0.1, -0.05) is 0 Å². The van der Waals surface area contributed by atoms with Gasteiger partial charge in [-0.25, -0.2) is 4.52 Å². The zero-order valence-electron chi connectivity index (χ0n) is 18.0. The Morgan fingerprint density at radius 2 is 2.06 bits per heavy atom. The molecule has 2 aliphatic rings. The fourth-order valence-electron chi connectivity index (χ4n) is 4.08. The standard InChI is InChI=1S/C23H24F3N5O2/c1-13-8-18(19(12-28-13)33-17-4-6-27-20(11-17)23(24,25)26)15-5-7-31-16(9-15)10-21(30-31)29-22(32)14-2-3-14/h5,7-10,12,14,17,20,27H,2-4,6,11H2,1H3,(H,29,30,32)/t17-,20+/m1/s1. The number of ether oxygens (including phenoxy) is 1. The maximum absolute atomic E-state index is 13.2. The summed E-state index contributed by atoms with van der Waals surface area (Å²) in [4.78, 5) is 16.3. The summed E-state index contributed by atoms with van der Waals surface area (Å²) in [7, 11) is 0. The average molecular weight is 459 g/mol. The van der Waals surface area contributed by atoms with E-state index in [1.165, 1.54) is 0 Å². The van der Waals surface area contributed by atoms with Crippen LogP contribution < -0.4 is 15.4 Å². The van der Waals surface area contributed by atoms with E-state index in [9.17, 15) is 18.0 Å². The molecule has 1 aliphatic carbocycles. The van der Waals surface area contributed by atoms with Crippen molar-refractivity contribution in [1.29, 1.82) is 0 Å². The number of anilines is 1. The molecule has 33 heavy (non-hydrogen) atoms. The van der Waals surface area contributed by atoms with Gasteiger partial charge in [-0.3, -0.25) is 9.78 Å². The first-order chi connectivity index (χ1) is 15.8. The second-order valence-electron chi connectivity index (χ2n) is 8.71. The molecule has 3 aromatic rings. The van der Waals surface area contributed by atoms with Gasteiger partial charge in [0.25, 0.3) is 0 Å². The minimum atomic E-state index is -4.31. The lowest BCUT2D eigenvalue weighted by atomic mass is 10.0. The first kappa shape index (κ1) is 21.7. The third kappa shape index (κ3) is 4.80. The summed E-state index contributed by atoms with van der Waals surface area (Å²) in [6, 6.07) is 5.83. The van der Waals surface area contributed by atoms with Crippen LogP contribution in [0.1, 0.15) is 31.4 Å². The molecule has 0 bridgehead atoms. The van der Waals surface area contributed by atoms with Crippen LogP contribution in [0.15, 0.2) is 36.7 Å². The van der Waals surface area contributed by atoms with Gasteiger partial charge < -0.3 is 15.4 Å². The highest BCUT2D eigenvalue weighted by Crippen LogP contribution is 2.35. The van der Waals surface area contributed by atoms with Gasteiger partial charge in [0.05, 0.1) is 11.7 Å². The number of hydrogen-bond acceptors (Lipinski definition) is 5. The lowest BCUT2D eigenvalue weighted by molar-refractivity contribution is -0.166. The normalized spacial score (nSPS) is 21.2. The van der Waals surface area contributed by atoms with Crippen LogP contribution in [0.5, 0.6) is 5.75 Å². The van der Waals surface area contributed by atoms with Crippen molar-refractivity contribution < 1.29 is 22.7 Å². The Labute approximate surface area is 188 Å². The molecule has 1 saturated carbocycles. The summed E-state index contributed by atoms with van der Waals surface area (Å²) in [5.74, 6) is 0.994. The predicted molar refractivity (Wildman–Crippen MR) is 116 cm³/mol. The highest BCUT2D eigenvalue weighted by Gasteiger charge is 2.43. The van der Waals surface area contributed by atoms with Crippen LogP contribution >= 0.6 is 0 Å². The summed E-state index contributed by atoms with van der Waals surface area (Å²) < 4.78 is 47.2. The number of aromatic nitrogens is 3. The van der Waals surface area contributed by atoms with Gasteiger partial charge in [0.2, 0.25) is 5.91 Å². The van der Waals surface area contributed by atoms with E-state index < -0.39 is 18.3 Å². The molecule has 5 rings (SSSR count). The number of carbonyl (C=O) groups is 1. The third-order valence-corrected chi connectivity index (χ3v) is 6.02. The van der Waals surface area contributed by atoms with Gasteiger partial charge in [0, 0.05) is 35.9 Å². The van der Waals surface area contributed by atoms with E-state index in [-0.39, 0.29) is 24.8 Å². The van der Waals surface area contributed by atoms with Crippen molar-refractivity contribution in [2.75, 3.05) is 11.9 Å². The average Bonchev–Trinajstić information content (AvgIpc) is 3.55. The molecular formula is C23H24F3N5O2. The van der Waals surface area contributed by atoms with Gasteiger partial charge in [-0.05, 0) is 56.5 Å². The van der Waals surface area contributed by atoms with E-state index in [2.05, 4.69) is 20.7 Å². The van der Waals surface area contributed by atoms with Gasteiger partial charge in [0.15, 0.2) is 5.82 Å². The second kappa shape index (κ2) is 8.33. The van der Waals surface area contributed by atoms with Gasteiger partial charge in [-0.15, -0.1) is 0 Å². The topological polar surface area (TPSA) is 80.5 Å². The molecule has 1 aliphatic heterocycles. The van der Waals surface area contributed by atoms with Gasteiger partial charge >= 0.3 is 6.18 Å². The Kier molecular flexibility index (Phi) is 5.48. The molecule has 0 spiro atoms. The first-order valence-electron chi connectivity index (χ1n) is 11.0. The fourth-order valence-corrected chi connectivity index (χ4v) is 4.08. The Hall–Kier alpha value is -3.14. The second-order valence-corrected chi connectivity index (χ2v) is 8.71. The van der Waals surface area contributed by atoms with Crippen LogP contribution in [0.25, 0.3) is 16.6 Å². The van der Waals surface area contributed by atoms with Crippen molar-refractivity contribution >= 4 is 17.2 Å². The molecular weight excluding hydrogens is 435 g/mol. The largest absolute Gasteiger partial charge is 0.488 e. The number of carbonyl (C=O) groups excluding carboxylic acids is 1. The number of nitrogens with one attached hydrogen (secondary N) is 2. The first-order valence-corrected chi connectivity index (χ1v) is 11.0. The van der Waals surface area contributed by atoms with Crippen LogP contribution in [0.4, 0.5) is 19.0 Å². The molecule has 2 atom stereocenters. The zero-order chi connectivity index (χ0) is 23.2.